The Morgan fingerprint density at radius 2 is 1.46 bits per heavy atom. The van der Waals surface area contributed by atoms with Crippen LogP contribution in [-0.4, -0.2) is 30.8 Å². The maximum Gasteiger partial charge on any atom is 0.251 e. The lowest BCUT2D eigenvalue weighted by Crippen LogP contribution is -2.23. The van der Waals surface area contributed by atoms with Crippen molar-refractivity contribution in [2.45, 2.75) is 26.7 Å². The fraction of sp³-hybridized carbons (Fsp3) is 0.286. The van der Waals surface area contributed by atoms with Crippen molar-refractivity contribution in [1.29, 1.82) is 0 Å². The van der Waals surface area contributed by atoms with E-state index in [4.69, 9.17) is 0 Å². The monoisotopic (exact) mass is 382 g/mol. The average molecular weight is 382 g/mol. The van der Waals surface area contributed by atoms with Crippen LogP contribution in [0.25, 0.3) is 0 Å². The summed E-state index contributed by atoms with van der Waals surface area (Å²) >= 11 is 0. The van der Waals surface area contributed by atoms with Crippen molar-refractivity contribution >= 4 is 34.8 Å². The maximum atomic E-state index is 12.2. The van der Waals surface area contributed by atoms with Crippen molar-refractivity contribution in [1.82, 2.24) is 5.32 Å². The Hall–Kier alpha value is -3.35. The summed E-state index contributed by atoms with van der Waals surface area (Å²) < 4.78 is 0. The van der Waals surface area contributed by atoms with Gasteiger partial charge in [0.1, 0.15) is 0 Å². The number of hydrogen-bond acceptors (Lipinski definition) is 4. The predicted molar refractivity (Wildman–Crippen MR) is 112 cm³/mol. The molecule has 0 aliphatic heterocycles. The van der Waals surface area contributed by atoms with Crippen LogP contribution < -0.4 is 21.3 Å². The van der Waals surface area contributed by atoms with E-state index in [0.29, 0.717) is 29.9 Å². The van der Waals surface area contributed by atoms with Gasteiger partial charge in [-0.25, -0.2) is 0 Å². The minimum absolute atomic E-state index is 0.0521. The summed E-state index contributed by atoms with van der Waals surface area (Å²) in [5, 5.41) is 11.3. The van der Waals surface area contributed by atoms with E-state index in [1.165, 1.54) is 0 Å². The highest BCUT2D eigenvalue weighted by Crippen LogP contribution is 2.16. The second kappa shape index (κ2) is 10.7. The third-order valence-corrected chi connectivity index (χ3v) is 3.84. The van der Waals surface area contributed by atoms with Crippen LogP contribution in [0.1, 0.15) is 37.0 Å². The third-order valence-electron chi connectivity index (χ3n) is 3.84. The lowest BCUT2D eigenvalue weighted by molar-refractivity contribution is -0.116. The fourth-order valence-corrected chi connectivity index (χ4v) is 2.51. The van der Waals surface area contributed by atoms with E-state index in [9.17, 15) is 14.4 Å². The molecule has 0 aliphatic carbocycles. The summed E-state index contributed by atoms with van der Waals surface area (Å²) in [6, 6.07) is 13.9. The van der Waals surface area contributed by atoms with Crippen LogP contribution in [0.3, 0.4) is 0 Å². The highest BCUT2D eigenvalue weighted by atomic mass is 16.2. The van der Waals surface area contributed by atoms with E-state index in [1.54, 1.807) is 48.5 Å². The molecule has 2 aromatic rings. The Balaban J connectivity index is 1.85. The number of rotatable bonds is 9. The highest BCUT2D eigenvalue weighted by molar-refractivity contribution is 5.96. The molecule has 7 nitrogen and oxygen atoms in total. The van der Waals surface area contributed by atoms with Gasteiger partial charge in [0.05, 0.1) is 6.54 Å². The minimum atomic E-state index is -0.218. The van der Waals surface area contributed by atoms with Crippen LogP contribution >= 0.6 is 0 Å². The third kappa shape index (κ3) is 6.75. The summed E-state index contributed by atoms with van der Waals surface area (Å²) in [6.07, 6.45) is 1.23. The lowest BCUT2D eigenvalue weighted by Gasteiger charge is -2.10. The van der Waals surface area contributed by atoms with Crippen LogP contribution in [0.2, 0.25) is 0 Å². The van der Waals surface area contributed by atoms with Gasteiger partial charge in [0.2, 0.25) is 11.8 Å². The molecule has 0 saturated heterocycles. The normalized spacial score (nSPS) is 10.1. The number of nitrogens with one attached hydrogen (secondary N) is 4. The van der Waals surface area contributed by atoms with Crippen LogP contribution in [0.4, 0.5) is 17.1 Å². The summed E-state index contributed by atoms with van der Waals surface area (Å²) in [4.78, 5) is 35.6. The quantitative estimate of drug-likeness (QED) is 0.535. The summed E-state index contributed by atoms with van der Waals surface area (Å²) in [5.74, 6) is -0.397. The van der Waals surface area contributed by atoms with Gasteiger partial charge in [0.25, 0.3) is 5.91 Å². The van der Waals surface area contributed by atoms with Crippen molar-refractivity contribution in [3.8, 4) is 0 Å². The lowest BCUT2D eigenvalue weighted by atomic mass is 10.2. The Kier molecular flexibility index (Phi) is 8.02. The van der Waals surface area contributed by atoms with Gasteiger partial charge in [0, 0.05) is 35.6 Å². The van der Waals surface area contributed by atoms with Crippen molar-refractivity contribution in [2.24, 2.45) is 0 Å². The molecule has 0 bridgehead atoms. The van der Waals surface area contributed by atoms with Crippen molar-refractivity contribution < 1.29 is 14.4 Å². The fourth-order valence-electron chi connectivity index (χ4n) is 2.51. The Morgan fingerprint density at radius 3 is 2.07 bits per heavy atom. The van der Waals surface area contributed by atoms with Crippen LogP contribution in [0.5, 0.6) is 0 Å². The first-order valence-corrected chi connectivity index (χ1v) is 9.33. The van der Waals surface area contributed by atoms with E-state index in [1.807, 2.05) is 13.8 Å². The van der Waals surface area contributed by atoms with E-state index in [2.05, 4.69) is 21.3 Å². The number of carbonyl (C=O) groups is 3. The standard InChI is InChI=1S/C21H26N4O3/c1-3-6-19(26)24-17-7-5-8-18(13-17)25-20(27)14-23-16-11-9-15(10-12-16)21(28)22-4-2/h5,7-13,23H,3-4,6,14H2,1-2H3,(H,22,28)(H,24,26)(H,25,27). The number of hydrogen-bond donors (Lipinski definition) is 4. The molecule has 3 amide bonds. The molecule has 0 fully saturated rings. The van der Waals surface area contributed by atoms with Gasteiger partial charge in [-0.15, -0.1) is 0 Å². The summed E-state index contributed by atoms with van der Waals surface area (Å²) in [7, 11) is 0. The van der Waals surface area contributed by atoms with E-state index < -0.39 is 0 Å². The maximum absolute atomic E-state index is 12.2. The molecule has 148 valence electrons. The number of anilines is 3. The molecule has 4 N–H and O–H groups in total. The zero-order valence-corrected chi connectivity index (χ0v) is 16.2. The molecule has 0 aromatic heterocycles. The molecule has 0 saturated carbocycles. The average Bonchev–Trinajstić information content (AvgIpc) is 2.67. The Labute approximate surface area is 164 Å². The van der Waals surface area contributed by atoms with Gasteiger partial charge in [-0.05, 0) is 55.8 Å². The molecule has 0 spiro atoms. The van der Waals surface area contributed by atoms with Crippen molar-refractivity contribution in [2.75, 3.05) is 29.0 Å². The van der Waals surface area contributed by atoms with Crippen molar-refractivity contribution in [3.63, 3.8) is 0 Å². The molecule has 0 aliphatic rings. The smallest absolute Gasteiger partial charge is 0.251 e. The van der Waals surface area contributed by atoms with Gasteiger partial charge in [-0.1, -0.05) is 13.0 Å². The van der Waals surface area contributed by atoms with Gasteiger partial charge < -0.3 is 21.3 Å². The molecule has 0 unspecified atom stereocenters. The number of carbonyl (C=O) groups excluding carboxylic acids is 3. The second-order valence-electron chi connectivity index (χ2n) is 6.22. The summed E-state index contributed by atoms with van der Waals surface area (Å²) in [5.41, 5.74) is 2.56. The molecule has 28 heavy (non-hydrogen) atoms. The first-order valence-electron chi connectivity index (χ1n) is 9.33. The molecular formula is C21H26N4O3. The van der Waals surface area contributed by atoms with E-state index >= 15 is 0 Å². The van der Waals surface area contributed by atoms with Crippen LogP contribution in [-0.2, 0) is 9.59 Å². The van der Waals surface area contributed by atoms with Crippen LogP contribution in [0.15, 0.2) is 48.5 Å². The van der Waals surface area contributed by atoms with Gasteiger partial charge in [0.15, 0.2) is 0 Å². The van der Waals surface area contributed by atoms with E-state index in [0.717, 1.165) is 12.1 Å². The van der Waals surface area contributed by atoms with Crippen molar-refractivity contribution in [3.05, 3.63) is 54.1 Å². The Bertz CT molecular complexity index is 819. The molecule has 2 aromatic carbocycles. The number of amides is 3. The first kappa shape index (κ1) is 21.0. The number of benzene rings is 2. The van der Waals surface area contributed by atoms with Gasteiger partial charge in [-0.3, -0.25) is 14.4 Å². The predicted octanol–water partition coefficient (Wildman–Crippen LogP) is 3.23. The van der Waals surface area contributed by atoms with Gasteiger partial charge >= 0.3 is 0 Å². The molecule has 7 heteroatoms. The molecular weight excluding hydrogens is 356 g/mol. The second-order valence-corrected chi connectivity index (χ2v) is 6.22. The molecule has 0 radical (unpaired) electrons. The van der Waals surface area contributed by atoms with E-state index in [-0.39, 0.29) is 24.3 Å². The Morgan fingerprint density at radius 1 is 0.821 bits per heavy atom. The largest absolute Gasteiger partial charge is 0.376 e. The van der Waals surface area contributed by atoms with Crippen LogP contribution in [0, 0.1) is 0 Å². The first-order chi connectivity index (χ1) is 13.5. The summed E-state index contributed by atoms with van der Waals surface area (Å²) in [6.45, 7) is 4.45. The SMILES string of the molecule is CCCC(=O)Nc1cccc(NC(=O)CNc2ccc(C(=O)NCC)cc2)c1. The molecule has 0 heterocycles. The molecule has 2 rings (SSSR count). The topological polar surface area (TPSA) is 99.3 Å². The minimum Gasteiger partial charge on any atom is -0.376 e. The van der Waals surface area contributed by atoms with Gasteiger partial charge in [-0.2, -0.15) is 0 Å². The zero-order valence-electron chi connectivity index (χ0n) is 16.2. The highest BCUT2D eigenvalue weighted by Gasteiger charge is 2.06. The molecule has 0 atom stereocenters. The zero-order chi connectivity index (χ0) is 20.4.